The van der Waals surface area contributed by atoms with Crippen LogP contribution in [0.15, 0.2) is 54.6 Å². The number of benzene rings is 2. The lowest BCUT2D eigenvalue weighted by molar-refractivity contribution is -0.137. The van der Waals surface area contributed by atoms with E-state index in [0.29, 0.717) is 12.2 Å². The van der Waals surface area contributed by atoms with Gasteiger partial charge in [-0.3, -0.25) is 14.4 Å². The van der Waals surface area contributed by atoms with Gasteiger partial charge in [-0.2, -0.15) is 0 Å². The van der Waals surface area contributed by atoms with Gasteiger partial charge in [0, 0.05) is 6.42 Å². The van der Waals surface area contributed by atoms with E-state index in [0.717, 1.165) is 16.9 Å². The molecule has 0 spiro atoms. The van der Waals surface area contributed by atoms with E-state index in [1.807, 2.05) is 24.3 Å². The fourth-order valence-electron chi connectivity index (χ4n) is 2.78. The first kappa shape index (κ1) is 21.1. The van der Waals surface area contributed by atoms with Gasteiger partial charge in [0.25, 0.3) is 0 Å². The third kappa shape index (κ3) is 5.91. The SMILES string of the molecule is COc1ccc(C=CC(=O)C(C(C)=O)C(=O)CCc2ccc(OC)cc2)cc1. The van der Waals surface area contributed by atoms with E-state index in [9.17, 15) is 14.4 Å². The van der Waals surface area contributed by atoms with Crippen LogP contribution in [0.3, 0.4) is 0 Å². The summed E-state index contributed by atoms with van der Waals surface area (Å²) in [6.45, 7) is 1.27. The molecule has 0 bridgehead atoms. The molecule has 0 heterocycles. The van der Waals surface area contributed by atoms with E-state index in [4.69, 9.17) is 9.47 Å². The van der Waals surface area contributed by atoms with E-state index >= 15 is 0 Å². The van der Waals surface area contributed by atoms with Crippen LogP contribution in [0.4, 0.5) is 0 Å². The van der Waals surface area contributed by atoms with Gasteiger partial charge in [-0.1, -0.05) is 30.3 Å². The number of ether oxygens (including phenoxy) is 2. The number of rotatable bonds is 10. The molecule has 0 aliphatic carbocycles. The summed E-state index contributed by atoms with van der Waals surface area (Å²) in [5, 5.41) is 0. The quantitative estimate of drug-likeness (QED) is 0.464. The highest BCUT2D eigenvalue weighted by Crippen LogP contribution is 2.16. The Morgan fingerprint density at radius 1 is 0.893 bits per heavy atom. The molecular formula is C23H24O5. The third-order valence-corrected chi connectivity index (χ3v) is 4.39. The van der Waals surface area contributed by atoms with Crippen molar-refractivity contribution in [1.82, 2.24) is 0 Å². The van der Waals surface area contributed by atoms with Crippen LogP contribution in [0.1, 0.15) is 24.5 Å². The van der Waals surface area contributed by atoms with E-state index in [-0.39, 0.29) is 12.2 Å². The smallest absolute Gasteiger partial charge is 0.173 e. The molecule has 0 saturated carbocycles. The summed E-state index contributed by atoms with van der Waals surface area (Å²) in [5.74, 6) is -1.12. The highest BCUT2D eigenvalue weighted by atomic mass is 16.5. The number of hydrogen-bond acceptors (Lipinski definition) is 5. The largest absolute Gasteiger partial charge is 0.497 e. The molecule has 146 valence electrons. The minimum absolute atomic E-state index is 0.124. The lowest BCUT2D eigenvalue weighted by atomic mass is 9.90. The molecule has 2 aromatic carbocycles. The molecule has 5 nitrogen and oxygen atoms in total. The van der Waals surface area contributed by atoms with Crippen LogP contribution in [-0.4, -0.2) is 31.6 Å². The highest BCUT2D eigenvalue weighted by molar-refractivity contribution is 6.22. The van der Waals surface area contributed by atoms with Crippen molar-refractivity contribution in [2.24, 2.45) is 5.92 Å². The fraction of sp³-hybridized carbons (Fsp3) is 0.261. The Bertz CT molecular complexity index is 848. The molecule has 0 fully saturated rings. The zero-order valence-electron chi connectivity index (χ0n) is 16.3. The minimum Gasteiger partial charge on any atom is -0.497 e. The van der Waals surface area contributed by atoms with Crippen molar-refractivity contribution in [1.29, 1.82) is 0 Å². The Morgan fingerprint density at radius 3 is 1.93 bits per heavy atom. The molecule has 1 atom stereocenters. The van der Waals surface area contributed by atoms with Crippen molar-refractivity contribution in [3.63, 3.8) is 0 Å². The van der Waals surface area contributed by atoms with Gasteiger partial charge < -0.3 is 9.47 Å². The predicted octanol–water partition coefficient (Wildman–Crippen LogP) is 3.69. The van der Waals surface area contributed by atoms with Gasteiger partial charge in [0.2, 0.25) is 0 Å². The minimum atomic E-state index is -1.26. The monoisotopic (exact) mass is 380 g/mol. The summed E-state index contributed by atoms with van der Waals surface area (Å²) in [4.78, 5) is 36.9. The van der Waals surface area contributed by atoms with Crippen LogP contribution in [-0.2, 0) is 20.8 Å². The average molecular weight is 380 g/mol. The molecule has 5 heteroatoms. The molecule has 2 rings (SSSR count). The number of hydrogen-bond donors (Lipinski definition) is 0. The Kier molecular flexibility index (Phi) is 7.69. The molecule has 1 unspecified atom stereocenters. The van der Waals surface area contributed by atoms with Gasteiger partial charge in [0.1, 0.15) is 23.2 Å². The summed E-state index contributed by atoms with van der Waals surface area (Å²) in [7, 11) is 3.16. The lowest BCUT2D eigenvalue weighted by Gasteiger charge is -2.10. The Morgan fingerprint density at radius 2 is 1.43 bits per heavy atom. The van der Waals surface area contributed by atoms with Crippen LogP contribution in [0.5, 0.6) is 11.5 Å². The molecule has 2 aromatic rings. The van der Waals surface area contributed by atoms with Crippen molar-refractivity contribution in [2.45, 2.75) is 19.8 Å². The number of carbonyl (C=O) groups excluding carboxylic acids is 3. The first-order chi connectivity index (χ1) is 13.4. The zero-order valence-corrected chi connectivity index (χ0v) is 16.3. The average Bonchev–Trinajstić information content (AvgIpc) is 2.71. The van der Waals surface area contributed by atoms with Crippen molar-refractivity contribution in [3.05, 3.63) is 65.7 Å². The first-order valence-electron chi connectivity index (χ1n) is 8.96. The van der Waals surface area contributed by atoms with Crippen LogP contribution in [0.25, 0.3) is 6.08 Å². The molecule has 0 aliphatic heterocycles. The number of Topliss-reactive ketones (excluding diaryl/α,β-unsaturated/α-hetero) is 2. The maximum absolute atomic E-state index is 12.5. The standard InChI is InChI=1S/C23H24O5/c1-16(24)23(21(25)14-8-17-4-10-19(27-2)11-5-17)22(26)15-9-18-6-12-20(28-3)13-7-18/h4-8,10-14,23H,9,15H2,1-3H3. The maximum atomic E-state index is 12.5. The molecule has 0 radical (unpaired) electrons. The topological polar surface area (TPSA) is 69.7 Å². The Hall–Kier alpha value is -3.21. The number of ketones is 3. The Balaban J connectivity index is 2.01. The van der Waals surface area contributed by atoms with Crippen LogP contribution in [0.2, 0.25) is 0 Å². The second-order valence-electron chi connectivity index (χ2n) is 6.37. The molecule has 0 saturated heterocycles. The second kappa shape index (κ2) is 10.2. The van der Waals surface area contributed by atoms with Crippen molar-refractivity contribution in [2.75, 3.05) is 14.2 Å². The molecular weight excluding hydrogens is 356 g/mol. The van der Waals surface area contributed by atoms with Crippen molar-refractivity contribution in [3.8, 4) is 11.5 Å². The fourth-order valence-corrected chi connectivity index (χ4v) is 2.78. The number of carbonyl (C=O) groups is 3. The van der Waals surface area contributed by atoms with E-state index < -0.39 is 17.5 Å². The third-order valence-electron chi connectivity index (χ3n) is 4.39. The summed E-state index contributed by atoms with van der Waals surface area (Å²) in [6.07, 6.45) is 3.47. The maximum Gasteiger partial charge on any atom is 0.173 e. The Labute approximate surface area is 165 Å². The first-order valence-corrected chi connectivity index (χ1v) is 8.96. The summed E-state index contributed by atoms with van der Waals surface area (Å²) >= 11 is 0. The second-order valence-corrected chi connectivity index (χ2v) is 6.37. The van der Waals surface area contributed by atoms with Gasteiger partial charge in [-0.15, -0.1) is 0 Å². The van der Waals surface area contributed by atoms with E-state index in [1.165, 1.54) is 13.0 Å². The van der Waals surface area contributed by atoms with Gasteiger partial charge >= 0.3 is 0 Å². The normalized spacial score (nSPS) is 11.8. The van der Waals surface area contributed by atoms with Crippen molar-refractivity contribution >= 4 is 23.4 Å². The molecule has 0 aromatic heterocycles. The number of aryl methyl sites for hydroxylation is 1. The number of methoxy groups -OCH3 is 2. The molecule has 0 aliphatic rings. The summed E-state index contributed by atoms with van der Waals surface area (Å²) in [6, 6.07) is 14.5. The van der Waals surface area contributed by atoms with Gasteiger partial charge in [0.15, 0.2) is 11.6 Å². The molecule has 0 N–H and O–H groups in total. The molecule has 0 amide bonds. The van der Waals surface area contributed by atoms with Crippen molar-refractivity contribution < 1.29 is 23.9 Å². The van der Waals surface area contributed by atoms with Crippen LogP contribution >= 0.6 is 0 Å². The van der Waals surface area contributed by atoms with Gasteiger partial charge in [-0.05, 0) is 54.8 Å². The van der Waals surface area contributed by atoms with E-state index in [1.54, 1.807) is 44.6 Å². The van der Waals surface area contributed by atoms with Crippen LogP contribution in [0, 0.1) is 5.92 Å². The summed E-state index contributed by atoms with van der Waals surface area (Å²) < 4.78 is 10.2. The predicted molar refractivity (Wildman–Crippen MR) is 108 cm³/mol. The van der Waals surface area contributed by atoms with Crippen LogP contribution < -0.4 is 9.47 Å². The van der Waals surface area contributed by atoms with E-state index in [2.05, 4.69) is 0 Å². The van der Waals surface area contributed by atoms with Gasteiger partial charge in [0.05, 0.1) is 14.2 Å². The zero-order chi connectivity index (χ0) is 20.5. The molecule has 28 heavy (non-hydrogen) atoms. The number of allylic oxidation sites excluding steroid dienone is 1. The lowest BCUT2D eigenvalue weighted by Crippen LogP contribution is -2.29. The summed E-state index contributed by atoms with van der Waals surface area (Å²) in [5.41, 5.74) is 1.72. The highest BCUT2D eigenvalue weighted by Gasteiger charge is 2.28. The van der Waals surface area contributed by atoms with Gasteiger partial charge in [-0.25, -0.2) is 0 Å².